The summed E-state index contributed by atoms with van der Waals surface area (Å²) in [7, 11) is 0. The summed E-state index contributed by atoms with van der Waals surface area (Å²) in [6.07, 6.45) is 1.20. The Balaban J connectivity index is 2.26. The van der Waals surface area contributed by atoms with Crippen molar-refractivity contribution in [3.63, 3.8) is 0 Å². The van der Waals surface area contributed by atoms with Gasteiger partial charge in [0.25, 0.3) is 11.1 Å². The minimum absolute atomic E-state index is 0.185. The van der Waals surface area contributed by atoms with Gasteiger partial charge in [0.05, 0.1) is 29.2 Å². The molecule has 0 saturated carbocycles. The van der Waals surface area contributed by atoms with Gasteiger partial charge in [-0.3, -0.25) is 19.3 Å². The molecule has 7 nitrogen and oxygen atoms in total. The molecule has 0 radical (unpaired) electrons. The Kier molecular flexibility index (Phi) is 7.77. The van der Waals surface area contributed by atoms with Gasteiger partial charge in [-0.1, -0.05) is 11.6 Å². The molecule has 2 amide bonds. The number of hydrogen-bond acceptors (Lipinski definition) is 7. The number of esters is 1. The predicted molar refractivity (Wildman–Crippen MR) is 108 cm³/mol. The summed E-state index contributed by atoms with van der Waals surface area (Å²) in [4.78, 5) is 37.5. The van der Waals surface area contributed by atoms with Gasteiger partial charge in [0, 0.05) is 0 Å². The van der Waals surface area contributed by atoms with Crippen molar-refractivity contribution in [3.05, 3.63) is 27.6 Å². The lowest BCUT2D eigenvalue weighted by Crippen LogP contribution is -2.35. The highest BCUT2D eigenvalue weighted by atomic mass is 35.5. The van der Waals surface area contributed by atoms with E-state index in [0.29, 0.717) is 35.3 Å². The van der Waals surface area contributed by atoms with Crippen molar-refractivity contribution in [1.29, 1.82) is 0 Å². The molecule has 1 aromatic rings. The van der Waals surface area contributed by atoms with E-state index in [1.165, 1.54) is 6.08 Å². The van der Waals surface area contributed by atoms with Crippen molar-refractivity contribution in [2.24, 2.45) is 0 Å². The smallest absolute Gasteiger partial charge is 0.326 e. The minimum Gasteiger partial charge on any atom is -0.490 e. The predicted octanol–water partition coefficient (Wildman–Crippen LogP) is 4.13. The van der Waals surface area contributed by atoms with Crippen LogP contribution in [0.2, 0.25) is 5.02 Å². The van der Waals surface area contributed by atoms with Crippen molar-refractivity contribution < 1.29 is 28.6 Å². The van der Waals surface area contributed by atoms with Gasteiger partial charge in [0.2, 0.25) is 0 Å². The first-order chi connectivity index (χ1) is 13.3. The average molecular weight is 428 g/mol. The number of nitrogens with zero attached hydrogens (tertiary/aromatic N) is 1. The largest absolute Gasteiger partial charge is 0.490 e. The highest BCUT2D eigenvalue weighted by molar-refractivity contribution is 8.18. The Morgan fingerprint density at radius 1 is 1.21 bits per heavy atom. The number of rotatable bonds is 8. The van der Waals surface area contributed by atoms with Crippen molar-refractivity contribution >= 4 is 46.6 Å². The highest BCUT2D eigenvalue weighted by Gasteiger charge is 2.36. The lowest BCUT2D eigenvalue weighted by Gasteiger charge is -2.14. The van der Waals surface area contributed by atoms with Crippen LogP contribution in [-0.4, -0.2) is 47.9 Å². The fourth-order valence-electron chi connectivity index (χ4n) is 2.44. The van der Waals surface area contributed by atoms with Crippen molar-refractivity contribution in [1.82, 2.24) is 4.90 Å². The van der Waals surface area contributed by atoms with E-state index >= 15 is 0 Å². The van der Waals surface area contributed by atoms with Gasteiger partial charge in [0.15, 0.2) is 11.5 Å². The van der Waals surface area contributed by atoms with E-state index in [9.17, 15) is 14.4 Å². The molecule has 2 rings (SSSR count). The van der Waals surface area contributed by atoms with E-state index in [4.69, 9.17) is 25.8 Å². The van der Waals surface area contributed by atoms with Gasteiger partial charge in [-0.25, -0.2) is 0 Å². The first kappa shape index (κ1) is 22.1. The molecular formula is C19H22ClNO6S. The standard InChI is InChI=1S/C19H22ClNO6S/c1-5-25-14-8-12(7-13(20)17(14)26-6-2)9-15-18(23)21(19(24)28-15)10-16(22)27-11(3)4/h7-9,11H,5-6,10H2,1-4H3/b15-9-. The molecule has 0 spiro atoms. The van der Waals surface area contributed by atoms with Crippen LogP contribution in [0.1, 0.15) is 33.3 Å². The van der Waals surface area contributed by atoms with Gasteiger partial charge < -0.3 is 14.2 Å². The number of amides is 2. The zero-order chi connectivity index (χ0) is 20.8. The number of ether oxygens (including phenoxy) is 3. The summed E-state index contributed by atoms with van der Waals surface area (Å²) in [5.41, 5.74) is 0.576. The van der Waals surface area contributed by atoms with Crippen LogP contribution in [0.4, 0.5) is 4.79 Å². The van der Waals surface area contributed by atoms with Gasteiger partial charge >= 0.3 is 5.97 Å². The fraction of sp³-hybridized carbons (Fsp3) is 0.421. The summed E-state index contributed by atoms with van der Waals surface area (Å²) in [6, 6.07) is 3.30. The van der Waals surface area contributed by atoms with Crippen LogP contribution >= 0.6 is 23.4 Å². The molecule has 1 saturated heterocycles. The Morgan fingerprint density at radius 2 is 1.89 bits per heavy atom. The topological polar surface area (TPSA) is 82.1 Å². The maximum atomic E-state index is 12.5. The third kappa shape index (κ3) is 5.42. The molecule has 1 heterocycles. The molecule has 152 valence electrons. The average Bonchev–Trinajstić information content (AvgIpc) is 2.85. The first-order valence-electron chi connectivity index (χ1n) is 8.80. The van der Waals surface area contributed by atoms with Crippen LogP contribution in [0.15, 0.2) is 17.0 Å². The zero-order valence-corrected chi connectivity index (χ0v) is 17.7. The van der Waals surface area contributed by atoms with Gasteiger partial charge in [-0.05, 0) is 63.2 Å². The summed E-state index contributed by atoms with van der Waals surface area (Å²) < 4.78 is 16.1. The number of benzene rings is 1. The summed E-state index contributed by atoms with van der Waals surface area (Å²) in [5.74, 6) is -0.324. The molecule has 9 heteroatoms. The Morgan fingerprint density at radius 3 is 2.50 bits per heavy atom. The number of carbonyl (C=O) groups excluding carboxylic acids is 3. The molecule has 1 aliphatic heterocycles. The van der Waals surface area contributed by atoms with Crippen molar-refractivity contribution in [3.8, 4) is 11.5 Å². The molecule has 0 aliphatic carbocycles. The lowest BCUT2D eigenvalue weighted by atomic mass is 10.1. The van der Waals surface area contributed by atoms with Crippen LogP contribution in [0.3, 0.4) is 0 Å². The maximum Gasteiger partial charge on any atom is 0.326 e. The van der Waals surface area contributed by atoms with E-state index < -0.39 is 23.7 Å². The molecule has 0 N–H and O–H groups in total. The van der Waals surface area contributed by atoms with E-state index in [1.807, 2.05) is 13.8 Å². The second kappa shape index (κ2) is 9.84. The monoisotopic (exact) mass is 427 g/mol. The fourth-order valence-corrected chi connectivity index (χ4v) is 3.55. The highest BCUT2D eigenvalue weighted by Crippen LogP contribution is 2.39. The number of carbonyl (C=O) groups is 3. The number of hydrogen-bond donors (Lipinski definition) is 0. The molecule has 0 bridgehead atoms. The number of imide groups is 1. The minimum atomic E-state index is -0.638. The maximum absolute atomic E-state index is 12.5. The van der Waals surface area contributed by atoms with E-state index in [0.717, 1.165) is 16.7 Å². The van der Waals surface area contributed by atoms with Crippen LogP contribution in [0.5, 0.6) is 11.5 Å². The van der Waals surface area contributed by atoms with Crippen LogP contribution < -0.4 is 9.47 Å². The Hall–Kier alpha value is -2.19. The van der Waals surface area contributed by atoms with Crippen LogP contribution in [0.25, 0.3) is 6.08 Å². The Bertz CT molecular complexity index is 808. The van der Waals surface area contributed by atoms with Crippen LogP contribution in [0, 0.1) is 0 Å². The first-order valence-corrected chi connectivity index (χ1v) is 10.00. The molecule has 0 atom stereocenters. The molecular weight excluding hydrogens is 406 g/mol. The zero-order valence-electron chi connectivity index (χ0n) is 16.1. The summed E-state index contributed by atoms with van der Waals surface area (Å²) in [5, 5.41) is -0.196. The van der Waals surface area contributed by atoms with Crippen molar-refractivity contribution in [2.45, 2.75) is 33.8 Å². The SMILES string of the molecule is CCOc1cc(/C=C2\SC(=O)N(CC(=O)OC(C)C)C2=O)cc(Cl)c1OCC. The quantitative estimate of drug-likeness (QED) is 0.455. The molecule has 0 unspecified atom stereocenters. The lowest BCUT2D eigenvalue weighted by molar-refractivity contribution is -0.149. The van der Waals surface area contributed by atoms with E-state index in [2.05, 4.69) is 0 Å². The van der Waals surface area contributed by atoms with E-state index in [-0.39, 0.29) is 11.0 Å². The second-order valence-corrected chi connectivity index (χ2v) is 7.40. The molecule has 1 aliphatic rings. The van der Waals surface area contributed by atoms with Gasteiger partial charge in [-0.2, -0.15) is 0 Å². The number of thioether (sulfide) groups is 1. The van der Waals surface area contributed by atoms with Gasteiger partial charge in [0.1, 0.15) is 6.54 Å². The normalized spacial score (nSPS) is 15.5. The third-order valence-electron chi connectivity index (χ3n) is 3.45. The van der Waals surface area contributed by atoms with Gasteiger partial charge in [-0.15, -0.1) is 0 Å². The van der Waals surface area contributed by atoms with Crippen molar-refractivity contribution in [2.75, 3.05) is 19.8 Å². The van der Waals surface area contributed by atoms with Crippen LogP contribution in [-0.2, 0) is 14.3 Å². The summed E-state index contributed by atoms with van der Waals surface area (Å²) >= 11 is 7.03. The second-order valence-electron chi connectivity index (χ2n) is 6.00. The van der Waals surface area contributed by atoms with E-state index in [1.54, 1.807) is 26.0 Å². The molecule has 1 aromatic carbocycles. The third-order valence-corrected chi connectivity index (χ3v) is 4.63. The molecule has 0 aromatic heterocycles. The molecule has 28 heavy (non-hydrogen) atoms. The Labute approximate surface area is 172 Å². The molecule has 1 fully saturated rings. The number of halogens is 1. The summed E-state index contributed by atoms with van der Waals surface area (Å²) in [6.45, 7) is 7.46.